The molecule has 0 aromatic heterocycles. The minimum Gasteiger partial charge on any atom is -0.497 e. The van der Waals surface area contributed by atoms with Gasteiger partial charge in [-0.1, -0.05) is 12.1 Å². The van der Waals surface area contributed by atoms with E-state index in [1.165, 1.54) is 24.1 Å². The smallest absolute Gasteiger partial charge is 0.256 e. The van der Waals surface area contributed by atoms with Crippen molar-refractivity contribution in [1.82, 2.24) is 4.90 Å². The van der Waals surface area contributed by atoms with Gasteiger partial charge < -0.3 is 19.3 Å². The summed E-state index contributed by atoms with van der Waals surface area (Å²) in [5, 5.41) is 0. The number of fused-ring (bicyclic) bond motifs is 1. The number of anilines is 1. The summed E-state index contributed by atoms with van der Waals surface area (Å²) < 4.78 is 25.2. The van der Waals surface area contributed by atoms with E-state index in [1.807, 2.05) is 24.3 Å². The van der Waals surface area contributed by atoms with Crippen LogP contribution in [0.25, 0.3) is 0 Å². The van der Waals surface area contributed by atoms with Crippen molar-refractivity contribution in [3.8, 4) is 11.5 Å². The summed E-state index contributed by atoms with van der Waals surface area (Å²) in [5.74, 6) is 0.219. The normalized spacial score (nSPS) is 15.8. The van der Waals surface area contributed by atoms with Gasteiger partial charge in [-0.2, -0.15) is 0 Å². The minimum atomic E-state index is -0.591. The van der Waals surface area contributed by atoms with Crippen LogP contribution in [-0.4, -0.2) is 50.7 Å². The lowest BCUT2D eigenvalue weighted by Gasteiger charge is -2.37. The molecule has 1 aliphatic rings. The first-order valence-electron chi connectivity index (χ1n) is 8.63. The maximum Gasteiger partial charge on any atom is 0.256 e. The Morgan fingerprint density at radius 3 is 2.81 bits per heavy atom. The molecule has 0 spiro atoms. The molecular formula is C20H23FN2O3. The standard InChI is InChI=1S/C20H23FN2O3/c1-4-23-13-15(26-19-8-6-5-7-18(19)23)12-22(2)20(24)16-10-9-14(25-3)11-17(16)21/h5-11,15H,4,12-13H2,1-3H3/t15-/m1/s1. The number of rotatable bonds is 5. The maximum absolute atomic E-state index is 14.2. The number of benzene rings is 2. The quantitative estimate of drug-likeness (QED) is 0.823. The molecule has 1 aliphatic heterocycles. The largest absolute Gasteiger partial charge is 0.497 e. The zero-order valence-electron chi connectivity index (χ0n) is 15.2. The molecule has 0 saturated carbocycles. The van der Waals surface area contributed by atoms with E-state index < -0.39 is 5.82 Å². The molecule has 6 heteroatoms. The van der Waals surface area contributed by atoms with E-state index in [2.05, 4.69) is 11.8 Å². The van der Waals surface area contributed by atoms with Crippen LogP contribution in [0.1, 0.15) is 17.3 Å². The molecule has 0 saturated heterocycles. The van der Waals surface area contributed by atoms with Crippen LogP contribution in [0.5, 0.6) is 11.5 Å². The lowest BCUT2D eigenvalue weighted by Crippen LogP contribution is -2.46. The van der Waals surface area contributed by atoms with E-state index in [0.717, 1.165) is 18.0 Å². The summed E-state index contributed by atoms with van der Waals surface area (Å²) in [5.41, 5.74) is 1.08. The van der Waals surface area contributed by atoms with Crippen LogP contribution in [0.2, 0.25) is 0 Å². The van der Waals surface area contributed by atoms with Gasteiger partial charge in [-0.05, 0) is 31.2 Å². The van der Waals surface area contributed by atoms with Gasteiger partial charge in [0.15, 0.2) is 0 Å². The zero-order chi connectivity index (χ0) is 18.7. The number of carbonyl (C=O) groups excluding carboxylic acids is 1. The molecule has 5 nitrogen and oxygen atoms in total. The van der Waals surface area contributed by atoms with Gasteiger partial charge in [0.1, 0.15) is 23.4 Å². The number of likely N-dealkylation sites (N-methyl/N-ethyl adjacent to an activating group) is 2. The van der Waals surface area contributed by atoms with Gasteiger partial charge in [0.2, 0.25) is 0 Å². The van der Waals surface area contributed by atoms with Gasteiger partial charge in [-0.15, -0.1) is 0 Å². The highest BCUT2D eigenvalue weighted by Gasteiger charge is 2.27. The number of methoxy groups -OCH3 is 1. The molecule has 26 heavy (non-hydrogen) atoms. The van der Waals surface area contributed by atoms with Crippen LogP contribution in [0.4, 0.5) is 10.1 Å². The van der Waals surface area contributed by atoms with Gasteiger partial charge in [0.05, 0.1) is 31.5 Å². The summed E-state index contributed by atoms with van der Waals surface area (Å²) in [6.45, 7) is 3.98. The van der Waals surface area contributed by atoms with Gasteiger partial charge in [0, 0.05) is 19.7 Å². The van der Waals surface area contributed by atoms with Gasteiger partial charge in [0.25, 0.3) is 5.91 Å². The average Bonchev–Trinajstić information content (AvgIpc) is 2.66. The second-order valence-corrected chi connectivity index (χ2v) is 6.28. The first kappa shape index (κ1) is 18.0. The minimum absolute atomic E-state index is 0.0249. The van der Waals surface area contributed by atoms with Crippen LogP contribution in [0.3, 0.4) is 0 Å². The highest BCUT2D eigenvalue weighted by Crippen LogP contribution is 2.33. The molecule has 1 amide bonds. The predicted molar refractivity (Wildman–Crippen MR) is 98.7 cm³/mol. The third-order valence-electron chi connectivity index (χ3n) is 4.54. The Bertz CT molecular complexity index is 796. The number of ether oxygens (including phenoxy) is 2. The van der Waals surface area contributed by atoms with Crippen molar-refractivity contribution in [2.45, 2.75) is 13.0 Å². The molecule has 0 bridgehead atoms. The number of hydrogen-bond acceptors (Lipinski definition) is 4. The van der Waals surface area contributed by atoms with E-state index in [1.54, 1.807) is 13.1 Å². The molecule has 0 aliphatic carbocycles. The lowest BCUT2D eigenvalue weighted by atomic mass is 10.1. The molecule has 0 N–H and O–H groups in total. The van der Waals surface area contributed by atoms with Crippen LogP contribution < -0.4 is 14.4 Å². The van der Waals surface area contributed by atoms with Gasteiger partial charge in [-0.25, -0.2) is 4.39 Å². The van der Waals surface area contributed by atoms with Crippen molar-refractivity contribution in [3.05, 3.63) is 53.8 Å². The van der Waals surface area contributed by atoms with Gasteiger partial charge >= 0.3 is 0 Å². The molecule has 3 rings (SSSR count). The van der Waals surface area contributed by atoms with E-state index in [4.69, 9.17) is 9.47 Å². The van der Waals surface area contributed by atoms with Crippen LogP contribution in [-0.2, 0) is 0 Å². The van der Waals surface area contributed by atoms with Crippen molar-refractivity contribution < 1.29 is 18.7 Å². The average molecular weight is 358 g/mol. The Morgan fingerprint density at radius 2 is 2.12 bits per heavy atom. The summed E-state index contributed by atoms with van der Waals surface area (Å²) in [6.07, 6.45) is -0.180. The molecule has 1 atom stereocenters. The Morgan fingerprint density at radius 1 is 1.35 bits per heavy atom. The number of nitrogens with zero attached hydrogens (tertiary/aromatic N) is 2. The monoisotopic (exact) mass is 358 g/mol. The maximum atomic E-state index is 14.2. The summed E-state index contributed by atoms with van der Waals surface area (Å²) in [4.78, 5) is 16.3. The predicted octanol–water partition coefficient (Wildman–Crippen LogP) is 3.19. The Kier molecular flexibility index (Phi) is 5.30. The molecule has 0 radical (unpaired) electrons. The fourth-order valence-corrected chi connectivity index (χ4v) is 3.16. The highest BCUT2D eigenvalue weighted by molar-refractivity contribution is 5.94. The van der Waals surface area contributed by atoms with E-state index in [0.29, 0.717) is 18.8 Å². The number of halogens is 1. The first-order valence-corrected chi connectivity index (χ1v) is 8.63. The van der Waals surface area contributed by atoms with Crippen LogP contribution in [0, 0.1) is 5.82 Å². The molecule has 1 heterocycles. The Balaban J connectivity index is 1.72. The summed E-state index contributed by atoms with van der Waals surface area (Å²) in [7, 11) is 3.12. The number of amides is 1. The summed E-state index contributed by atoms with van der Waals surface area (Å²) in [6, 6.07) is 12.1. The van der Waals surface area contributed by atoms with Gasteiger partial charge in [-0.3, -0.25) is 4.79 Å². The topological polar surface area (TPSA) is 42.0 Å². The third kappa shape index (κ3) is 3.59. The second-order valence-electron chi connectivity index (χ2n) is 6.28. The summed E-state index contributed by atoms with van der Waals surface area (Å²) >= 11 is 0. The Labute approximate surface area is 152 Å². The Hall–Kier alpha value is -2.76. The third-order valence-corrected chi connectivity index (χ3v) is 4.54. The van der Waals surface area contributed by atoms with Crippen LogP contribution >= 0.6 is 0 Å². The number of hydrogen-bond donors (Lipinski definition) is 0. The fourth-order valence-electron chi connectivity index (χ4n) is 3.16. The first-order chi connectivity index (χ1) is 12.5. The van der Waals surface area contributed by atoms with Crippen molar-refractivity contribution in [2.75, 3.05) is 38.7 Å². The number of carbonyl (C=O) groups is 1. The molecule has 2 aromatic rings. The lowest BCUT2D eigenvalue weighted by molar-refractivity contribution is 0.0705. The second kappa shape index (κ2) is 7.64. The highest BCUT2D eigenvalue weighted by atomic mass is 19.1. The SMILES string of the molecule is CCN1C[C@@H](CN(C)C(=O)c2ccc(OC)cc2F)Oc2ccccc21. The molecular weight excluding hydrogens is 335 g/mol. The molecule has 138 valence electrons. The van der Waals surface area contributed by atoms with Crippen LogP contribution in [0.15, 0.2) is 42.5 Å². The molecule has 2 aromatic carbocycles. The van der Waals surface area contributed by atoms with E-state index in [9.17, 15) is 9.18 Å². The van der Waals surface area contributed by atoms with Crippen molar-refractivity contribution in [3.63, 3.8) is 0 Å². The molecule has 0 fully saturated rings. The van der Waals surface area contributed by atoms with Crippen molar-refractivity contribution in [2.24, 2.45) is 0 Å². The fraction of sp³-hybridized carbons (Fsp3) is 0.350. The van der Waals surface area contributed by atoms with Crippen molar-refractivity contribution >= 4 is 11.6 Å². The van der Waals surface area contributed by atoms with Crippen molar-refractivity contribution in [1.29, 1.82) is 0 Å². The zero-order valence-corrected chi connectivity index (χ0v) is 15.2. The van der Waals surface area contributed by atoms with E-state index in [-0.39, 0.29) is 17.6 Å². The number of para-hydroxylation sites is 2. The molecule has 0 unspecified atom stereocenters. The van der Waals surface area contributed by atoms with E-state index >= 15 is 0 Å².